The normalized spacial score (nSPS) is 14.3. The highest BCUT2D eigenvalue weighted by atomic mass is 16.5. The lowest BCUT2D eigenvalue weighted by molar-refractivity contribution is 0.309. The van der Waals surface area contributed by atoms with Crippen molar-refractivity contribution in [3.8, 4) is 17.0 Å². The number of rotatable bonds is 9. The van der Waals surface area contributed by atoms with Gasteiger partial charge in [-0.15, -0.1) is 5.10 Å². The Morgan fingerprint density at radius 2 is 1.94 bits per heavy atom. The molecule has 0 saturated heterocycles. The van der Waals surface area contributed by atoms with Crippen molar-refractivity contribution in [1.82, 2.24) is 29.2 Å². The average Bonchev–Trinajstić information content (AvgIpc) is 3.58. The van der Waals surface area contributed by atoms with E-state index in [0.29, 0.717) is 18.0 Å². The first-order valence-corrected chi connectivity index (χ1v) is 11.9. The fourth-order valence-corrected chi connectivity index (χ4v) is 4.48. The summed E-state index contributed by atoms with van der Waals surface area (Å²) in [5.74, 6) is 1.54. The van der Waals surface area contributed by atoms with Gasteiger partial charge in [-0.05, 0) is 55.5 Å². The Labute approximate surface area is 192 Å². The van der Waals surface area contributed by atoms with Gasteiger partial charge in [0.2, 0.25) is 0 Å². The van der Waals surface area contributed by atoms with Crippen molar-refractivity contribution in [2.75, 3.05) is 6.61 Å². The van der Waals surface area contributed by atoms with Crippen LogP contribution in [0.5, 0.6) is 5.75 Å². The molecule has 8 nitrogen and oxygen atoms in total. The molecule has 172 valence electrons. The van der Waals surface area contributed by atoms with Crippen molar-refractivity contribution in [3.63, 3.8) is 0 Å². The molecule has 8 heteroatoms. The van der Waals surface area contributed by atoms with Gasteiger partial charge in [-0.3, -0.25) is 9.48 Å². The maximum atomic E-state index is 13.1. The van der Waals surface area contributed by atoms with Gasteiger partial charge in [0.15, 0.2) is 0 Å². The molecule has 1 saturated carbocycles. The number of aromatic nitrogens is 6. The molecule has 4 aromatic rings. The molecule has 1 fully saturated rings. The van der Waals surface area contributed by atoms with Gasteiger partial charge in [-0.25, -0.2) is 4.52 Å². The van der Waals surface area contributed by atoms with Gasteiger partial charge in [-0.2, -0.15) is 5.10 Å². The summed E-state index contributed by atoms with van der Waals surface area (Å²) in [6.45, 7) is 4.17. The van der Waals surface area contributed by atoms with Crippen molar-refractivity contribution in [2.24, 2.45) is 5.92 Å². The van der Waals surface area contributed by atoms with Crippen LogP contribution in [-0.4, -0.2) is 35.8 Å². The van der Waals surface area contributed by atoms with Gasteiger partial charge >= 0.3 is 0 Å². The van der Waals surface area contributed by atoms with E-state index in [9.17, 15) is 4.79 Å². The molecule has 1 aromatic carbocycles. The minimum Gasteiger partial charge on any atom is -0.494 e. The number of nitrogens with zero attached hydrogens (tertiary/aromatic N) is 6. The first kappa shape index (κ1) is 21.4. The third-order valence-electron chi connectivity index (χ3n) is 6.36. The number of unbranched alkanes of at least 4 members (excludes halogenated alkanes) is 1. The van der Waals surface area contributed by atoms with Crippen LogP contribution in [0.15, 0.2) is 53.7 Å². The zero-order chi connectivity index (χ0) is 22.6. The van der Waals surface area contributed by atoms with Crippen LogP contribution >= 0.6 is 0 Å². The molecule has 3 heterocycles. The Morgan fingerprint density at radius 1 is 1.12 bits per heavy atom. The first-order valence-electron chi connectivity index (χ1n) is 11.9. The highest BCUT2D eigenvalue weighted by Crippen LogP contribution is 2.26. The van der Waals surface area contributed by atoms with Crippen LogP contribution in [-0.2, 0) is 13.1 Å². The summed E-state index contributed by atoms with van der Waals surface area (Å²) in [7, 11) is 0. The van der Waals surface area contributed by atoms with E-state index in [4.69, 9.17) is 4.74 Å². The second kappa shape index (κ2) is 9.60. The summed E-state index contributed by atoms with van der Waals surface area (Å²) in [6, 6.07) is 9.68. The monoisotopic (exact) mass is 446 g/mol. The van der Waals surface area contributed by atoms with E-state index in [1.807, 2.05) is 47.4 Å². The lowest BCUT2D eigenvalue weighted by atomic mass is 10.1. The summed E-state index contributed by atoms with van der Waals surface area (Å²) >= 11 is 0. The van der Waals surface area contributed by atoms with Crippen molar-refractivity contribution in [1.29, 1.82) is 0 Å². The Hall–Kier alpha value is -3.42. The molecule has 0 unspecified atom stereocenters. The molecule has 0 atom stereocenters. The van der Waals surface area contributed by atoms with Gasteiger partial charge in [0.05, 0.1) is 25.0 Å². The summed E-state index contributed by atoms with van der Waals surface area (Å²) in [6.07, 6.45) is 12.8. The predicted molar refractivity (Wildman–Crippen MR) is 126 cm³/mol. The number of hydrogen-bond acceptors (Lipinski definition) is 5. The van der Waals surface area contributed by atoms with Crippen molar-refractivity contribution >= 4 is 5.52 Å². The molecule has 0 aliphatic heterocycles. The van der Waals surface area contributed by atoms with Crippen LogP contribution in [0.3, 0.4) is 0 Å². The van der Waals surface area contributed by atoms with Crippen LogP contribution in [0.1, 0.15) is 51.1 Å². The highest BCUT2D eigenvalue weighted by Gasteiger charge is 2.16. The topological polar surface area (TPSA) is 79.2 Å². The minimum atomic E-state index is -0.0962. The zero-order valence-corrected chi connectivity index (χ0v) is 19.1. The summed E-state index contributed by atoms with van der Waals surface area (Å²) in [5, 5.41) is 13.1. The Kier molecular flexibility index (Phi) is 6.24. The Bertz CT molecular complexity index is 1260. The van der Waals surface area contributed by atoms with Gasteiger partial charge in [0.25, 0.3) is 5.56 Å². The first-order chi connectivity index (χ1) is 16.2. The molecule has 0 spiro atoms. The number of ether oxygens (including phenoxy) is 1. The minimum absolute atomic E-state index is 0.0962. The van der Waals surface area contributed by atoms with Crippen LogP contribution < -0.4 is 10.3 Å². The SMILES string of the molecule is CCCCOc1ccc(-c2cc3c(=O)n(Cc4cn(CC5CCCC5)nn4)ccn3n2)cc1. The smallest absolute Gasteiger partial charge is 0.276 e. The van der Waals surface area contributed by atoms with Gasteiger partial charge < -0.3 is 9.30 Å². The van der Waals surface area contributed by atoms with Crippen LogP contribution in [0.4, 0.5) is 0 Å². The van der Waals surface area contributed by atoms with Crippen molar-refractivity contribution in [2.45, 2.75) is 58.5 Å². The van der Waals surface area contributed by atoms with Crippen LogP contribution in [0.25, 0.3) is 16.8 Å². The molecule has 0 bridgehead atoms. The summed E-state index contributed by atoms with van der Waals surface area (Å²) in [5.41, 5.74) is 2.93. The highest BCUT2D eigenvalue weighted by molar-refractivity contribution is 5.66. The molecule has 1 aliphatic carbocycles. The molecular weight excluding hydrogens is 416 g/mol. The predicted octanol–water partition coefficient (Wildman–Crippen LogP) is 4.17. The Balaban J connectivity index is 1.31. The maximum Gasteiger partial charge on any atom is 0.276 e. The summed E-state index contributed by atoms with van der Waals surface area (Å²) in [4.78, 5) is 13.1. The van der Waals surface area contributed by atoms with E-state index in [0.717, 1.165) is 48.7 Å². The van der Waals surface area contributed by atoms with Crippen molar-refractivity contribution in [3.05, 3.63) is 65.0 Å². The Morgan fingerprint density at radius 3 is 2.73 bits per heavy atom. The molecule has 1 aliphatic rings. The number of benzene rings is 1. The largest absolute Gasteiger partial charge is 0.494 e. The average molecular weight is 447 g/mol. The lowest BCUT2D eigenvalue weighted by Crippen LogP contribution is -2.22. The fraction of sp³-hybridized carbons (Fsp3) is 0.440. The third-order valence-corrected chi connectivity index (χ3v) is 6.36. The van der Waals surface area contributed by atoms with E-state index in [1.54, 1.807) is 15.3 Å². The molecule has 33 heavy (non-hydrogen) atoms. The molecule has 3 aromatic heterocycles. The zero-order valence-electron chi connectivity index (χ0n) is 19.1. The summed E-state index contributed by atoms with van der Waals surface area (Å²) < 4.78 is 11.0. The van der Waals surface area contributed by atoms with Gasteiger partial charge in [0.1, 0.15) is 17.0 Å². The van der Waals surface area contributed by atoms with Gasteiger partial charge in [-0.1, -0.05) is 31.4 Å². The molecule has 0 radical (unpaired) electrons. The second-order valence-corrected chi connectivity index (χ2v) is 8.90. The van der Waals surface area contributed by atoms with Crippen LogP contribution in [0.2, 0.25) is 0 Å². The standard InChI is InChI=1S/C25H30N6O2/c1-2-3-14-33-22-10-8-20(9-11-22)23-15-24-25(32)29(12-13-31(24)27-23)17-21-18-30(28-26-21)16-19-6-4-5-7-19/h8-13,15,18-19H,2-7,14,16-17H2,1H3. The number of hydrogen-bond donors (Lipinski definition) is 0. The fourth-order valence-electron chi connectivity index (χ4n) is 4.48. The van der Waals surface area contributed by atoms with Crippen LogP contribution in [0, 0.1) is 5.92 Å². The van der Waals surface area contributed by atoms with E-state index < -0.39 is 0 Å². The molecule has 0 amide bonds. The van der Waals surface area contributed by atoms with E-state index in [1.165, 1.54) is 25.7 Å². The van der Waals surface area contributed by atoms with E-state index in [2.05, 4.69) is 22.3 Å². The third kappa shape index (κ3) is 4.84. The van der Waals surface area contributed by atoms with Crippen molar-refractivity contribution < 1.29 is 4.74 Å². The lowest BCUT2D eigenvalue weighted by Gasteiger charge is -2.07. The van der Waals surface area contributed by atoms with Gasteiger partial charge in [0, 0.05) is 24.5 Å². The number of fused-ring (bicyclic) bond motifs is 1. The van der Waals surface area contributed by atoms with E-state index >= 15 is 0 Å². The second-order valence-electron chi connectivity index (χ2n) is 8.90. The maximum absolute atomic E-state index is 13.1. The molecule has 0 N–H and O–H groups in total. The molecular formula is C25H30N6O2. The van der Waals surface area contributed by atoms with E-state index in [-0.39, 0.29) is 5.56 Å². The molecule has 5 rings (SSSR count). The quantitative estimate of drug-likeness (QED) is 0.361.